The highest BCUT2D eigenvalue weighted by Crippen LogP contribution is 2.39. The molecule has 2 aromatic rings. The van der Waals surface area contributed by atoms with Gasteiger partial charge in [0, 0.05) is 25.5 Å². The van der Waals surface area contributed by atoms with Crippen molar-refractivity contribution in [2.24, 2.45) is 5.41 Å². The first-order chi connectivity index (χ1) is 16.1. The highest BCUT2D eigenvalue weighted by Gasteiger charge is 2.36. The van der Waals surface area contributed by atoms with E-state index in [4.69, 9.17) is 0 Å². The maximum Gasteiger partial charge on any atom is 0.573 e. The van der Waals surface area contributed by atoms with Gasteiger partial charge in [0.15, 0.2) is 5.13 Å². The van der Waals surface area contributed by atoms with Crippen molar-refractivity contribution in [2.75, 3.05) is 11.9 Å². The van der Waals surface area contributed by atoms with E-state index in [1.54, 1.807) is 0 Å². The maximum absolute atomic E-state index is 12.9. The van der Waals surface area contributed by atoms with Crippen LogP contribution in [0.25, 0.3) is 10.2 Å². The Hall–Kier alpha value is -2.89. The van der Waals surface area contributed by atoms with Gasteiger partial charge in [-0.1, -0.05) is 30.6 Å². The van der Waals surface area contributed by atoms with Crippen molar-refractivity contribution in [2.45, 2.75) is 63.8 Å². The Labute approximate surface area is 197 Å². The van der Waals surface area contributed by atoms with Crippen molar-refractivity contribution in [3.63, 3.8) is 0 Å². The van der Waals surface area contributed by atoms with Gasteiger partial charge in [-0.05, 0) is 36.8 Å². The zero-order valence-corrected chi connectivity index (χ0v) is 19.1. The molecule has 1 atom stereocenters. The first-order valence-corrected chi connectivity index (χ1v) is 12.0. The van der Waals surface area contributed by atoms with Crippen molar-refractivity contribution in [1.29, 1.82) is 0 Å². The average molecular weight is 499 g/mol. The lowest BCUT2D eigenvalue weighted by molar-refractivity contribution is -0.274. The number of nitrogens with one attached hydrogen (secondary N) is 3. The lowest BCUT2D eigenvalue weighted by Gasteiger charge is -2.37. The molecule has 1 aliphatic carbocycles. The Morgan fingerprint density at radius 3 is 2.68 bits per heavy atom. The molecule has 2 aliphatic rings. The van der Waals surface area contributed by atoms with Gasteiger partial charge in [-0.2, -0.15) is 0 Å². The first-order valence-electron chi connectivity index (χ1n) is 11.1. The topological polar surface area (TPSA) is 109 Å². The third-order valence-electron chi connectivity index (χ3n) is 6.24. The van der Waals surface area contributed by atoms with Crippen LogP contribution in [0.2, 0.25) is 0 Å². The predicted octanol–water partition coefficient (Wildman–Crippen LogP) is 3.87. The number of nitrogens with zero attached hydrogens (tertiary/aromatic N) is 1. The summed E-state index contributed by atoms with van der Waals surface area (Å²) in [6.07, 6.45) is 0.731. The van der Waals surface area contributed by atoms with E-state index in [0.717, 1.165) is 43.4 Å². The normalized spacial score (nSPS) is 20.1. The minimum atomic E-state index is -4.79. The summed E-state index contributed by atoms with van der Waals surface area (Å²) in [7, 11) is 0. The zero-order valence-electron chi connectivity index (χ0n) is 18.3. The van der Waals surface area contributed by atoms with E-state index in [0.29, 0.717) is 29.6 Å². The lowest BCUT2D eigenvalue weighted by Crippen LogP contribution is -2.47. The van der Waals surface area contributed by atoms with Gasteiger partial charge in [0.05, 0.1) is 10.2 Å². The number of amides is 3. The van der Waals surface area contributed by atoms with E-state index >= 15 is 0 Å². The van der Waals surface area contributed by atoms with Gasteiger partial charge in [0.2, 0.25) is 17.7 Å². The molecule has 0 radical (unpaired) electrons. The smallest absolute Gasteiger partial charge is 0.406 e. The fourth-order valence-electron chi connectivity index (χ4n) is 4.59. The summed E-state index contributed by atoms with van der Waals surface area (Å²) in [6, 6.07) is 3.28. The van der Waals surface area contributed by atoms with Crippen molar-refractivity contribution in [1.82, 2.24) is 15.6 Å². The second-order valence-electron chi connectivity index (χ2n) is 8.86. The molecule has 1 saturated heterocycles. The zero-order chi connectivity index (χ0) is 24.3. The van der Waals surface area contributed by atoms with E-state index in [9.17, 15) is 27.6 Å². The summed E-state index contributed by atoms with van der Waals surface area (Å²) in [5.74, 6) is -0.993. The Kier molecular flexibility index (Phi) is 6.96. The second kappa shape index (κ2) is 9.77. The maximum atomic E-state index is 12.9. The molecular formula is C22H25F3N4O4S. The number of benzene rings is 1. The molecule has 2 fully saturated rings. The standard InChI is InChI=1S/C22H25F3N4O4S/c23-22(24,25)33-13-4-5-14-16(10-13)34-20(28-14)29-18(31)11-21(8-2-1-3-9-21)12-26-19(32)15-6-7-17(30)27-15/h4-5,10,15H,1-3,6-9,11-12H2,(H,26,32)(H,27,30)(H,28,29,31)/t15-/m0/s1. The van der Waals surface area contributed by atoms with Gasteiger partial charge in [0.1, 0.15) is 11.8 Å². The molecule has 184 valence electrons. The van der Waals surface area contributed by atoms with Crippen LogP contribution in [0.3, 0.4) is 0 Å². The van der Waals surface area contributed by atoms with Gasteiger partial charge in [0.25, 0.3) is 0 Å². The van der Waals surface area contributed by atoms with Crippen LogP contribution in [0.15, 0.2) is 18.2 Å². The van der Waals surface area contributed by atoms with Crippen LogP contribution in [-0.4, -0.2) is 41.7 Å². The van der Waals surface area contributed by atoms with E-state index in [2.05, 4.69) is 25.7 Å². The Morgan fingerprint density at radius 2 is 2.00 bits per heavy atom. The number of rotatable bonds is 7. The molecule has 1 aliphatic heterocycles. The number of thiazole rings is 1. The number of carbonyl (C=O) groups is 3. The van der Waals surface area contributed by atoms with Crippen LogP contribution in [-0.2, 0) is 14.4 Å². The van der Waals surface area contributed by atoms with Gasteiger partial charge < -0.3 is 20.7 Å². The predicted molar refractivity (Wildman–Crippen MR) is 119 cm³/mol. The highest BCUT2D eigenvalue weighted by atomic mass is 32.1. The van der Waals surface area contributed by atoms with Crippen molar-refractivity contribution in [3.05, 3.63) is 18.2 Å². The van der Waals surface area contributed by atoms with E-state index in [1.165, 1.54) is 18.2 Å². The van der Waals surface area contributed by atoms with E-state index in [-0.39, 0.29) is 35.0 Å². The molecule has 3 N–H and O–H groups in total. The Balaban J connectivity index is 1.39. The number of aromatic nitrogens is 1. The molecule has 1 aromatic carbocycles. The highest BCUT2D eigenvalue weighted by molar-refractivity contribution is 7.22. The van der Waals surface area contributed by atoms with Crippen LogP contribution in [0.5, 0.6) is 5.75 Å². The molecule has 3 amide bonds. The summed E-state index contributed by atoms with van der Waals surface area (Å²) in [5.41, 5.74) is 0.0541. The fraction of sp³-hybridized carbons (Fsp3) is 0.545. The number of hydrogen-bond acceptors (Lipinski definition) is 6. The molecule has 4 rings (SSSR count). The number of hydrogen-bond donors (Lipinski definition) is 3. The minimum absolute atomic E-state index is 0.139. The van der Waals surface area contributed by atoms with E-state index in [1.807, 2.05) is 0 Å². The summed E-state index contributed by atoms with van der Waals surface area (Å²) in [4.78, 5) is 41.0. The third-order valence-corrected chi connectivity index (χ3v) is 7.17. The summed E-state index contributed by atoms with van der Waals surface area (Å²) in [6.45, 7) is 0.337. The van der Waals surface area contributed by atoms with E-state index < -0.39 is 17.8 Å². The van der Waals surface area contributed by atoms with Crippen LogP contribution in [0, 0.1) is 5.41 Å². The summed E-state index contributed by atoms with van der Waals surface area (Å²) >= 11 is 1.06. The molecule has 8 nitrogen and oxygen atoms in total. The van der Waals surface area contributed by atoms with Crippen LogP contribution >= 0.6 is 11.3 Å². The molecule has 2 heterocycles. The van der Waals surface area contributed by atoms with Crippen LogP contribution in [0.1, 0.15) is 51.4 Å². The van der Waals surface area contributed by atoms with Gasteiger partial charge in [-0.25, -0.2) is 4.98 Å². The average Bonchev–Trinajstić information content (AvgIpc) is 3.36. The van der Waals surface area contributed by atoms with Crippen molar-refractivity contribution in [3.8, 4) is 5.75 Å². The minimum Gasteiger partial charge on any atom is -0.406 e. The number of alkyl halides is 3. The molecule has 12 heteroatoms. The van der Waals surface area contributed by atoms with Gasteiger partial charge >= 0.3 is 6.36 Å². The molecule has 1 aromatic heterocycles. The Bertz CT molecular complexity index is 1080. The molecule has 0 spiro atoms. The van der Waals surface area contributed by atoms with Crippen LogP contribution < -0.4 is 20.7 Å². The van der Waals surface area contributed by atoms with Crippen LogP contribution in [0.4, 0.5) is 18.3 Å². The summed E-state index contributed by atoms with van der Waals surface area (Å²) < 4.78 is 41.8. The molecule has 1 saturated carbocycles. The number of carbonyl (C=O) groups excluding carboxylic acids is 3. The second-order valence-corrected chi connectivity index (χ2v) is 9.89. The molecule has 34 heavy (non-hydrogen) atoms. The van der Waals surface area contributed by atoms with Gasteiger partial charge in [-0.3, -0.25) is 14.4 Å². The monoisotopic (exact) mass is 498 g/mol. The first kappa shape index (κ1) is 24.2. The SMILES string of the molecule is O=C(CC1(CNC(=O)[C@@H]2CCC(=O)N2)CCCCC1)Nc1nc2ccc(OC(F)(F)F)cc2s1. The quantitative estimate of drug-likeness (QED) is 0.537. The molecule has 0 bridgehead atoms. The van der Waals surface area contributed by atoms with Crippen molar-refractivity contribution < 1.29 is 32.3 Å². The molecular weight excluding hydrogens is 473 g/mol. The number of ether oxygens (including phenoxy) is 1. The fourth-order valence-corrected chi connectivity index (χ4v) is 5.50. The number of anilines is 1. The Morgan fingerprint density at radius 1 is 1.24 bits per heavy atom. The summed E-state index contributed by atoms with van der Waals surface area (Å²) in [5, 5.41) is 8.61. The number of fused-ring (bicyclic) bond motifs is 1. The van der Waals surface area contributed by atoms with Crippen molar-refractivity contribution >= 4 is 44.4 Å². The van der Waals surface area contributed by atoms with Gasteiger partial charge in [-0.15, -0.1) is 13.2 Å². The lowest BCUT2D eigenvalue weighted by atomic mass is 9.71. The number of halogens is 3. The third kappa shape index (κ3) is 6.16. The molecule has 0 unspecified atom stereocenters. The largest absolute Gasteiger partial charge is 0.573 e.